The number of aliphatic hydroxyl groups is 5. The topological polar surface area (TPSA) is 149 Å². The van der Waals surface area contributed by atoms with Crippen LogP contribution in [0.4, 0.5) is 0 Å². The molecule has 59 heavy (non-hydrogen) atoms. The van der Waals surface area contributed by atoms with E-state index >= 15 is 0 Å². The van der Waals surface area contributed by atoms with Gasteiger partial charge in [-0.2, -0.15) is 0 Å². The van der Waals surface area contributed by atoms with Crippen molar-refractivity contribution < 1.29 is 39.8 Å². The number of rotatable bonds is 44. The maximum absolute atomic E-state index is 13.0. The molecule has 7 atom stereocenters. The minimum Gasteiger partial charge on any atom is -0.394 e. The highest BCUT2D eigenvalue weighted by molar-refractivity contribution is 5.76. The molecule has 7 unspecified atom stereocenters. The molecule has 352 valence electrons. The Balaban J connectivity index is 2.16. The Bertz CT molecular complexity index is 893. The van der Waals surface area contributed by atoms with Crippen molar-refractivity contribution in [1.29, 1.82) is 0 Å². The molecule has 0 aliphatic carbocycles. The average Bonchev–Trinajstić information content (AvgIpc) is 3.23. The molecular formula is C50H99NO8. The van der Waals surface area contributed by atoms with Crippen LogP contribution in [0.15, 0.2) is 0 Å². The Morgan fingerprint density at radius 2 is 0.847 bits per heavy atom. The number of hydrogen-bond acceptors (Lipinski definition) is 8. The zero-order chi connectivity index (χ0) is 43.0. The molecule has 1 amide bonds. The molecule has 0 saturated carbocycles. The maximum Gasteiger partial charge on any atom is 0.220 e. The molecule has 0 spiro atoms. The Morgan fingerprint density at radius 1 is 0.508 bits per heavy atom. The first kappa shape index (κ1) is 56.2. The van der Waals surface area contributed by atoms with Crippen molar-refractivity contribution in [2.24, 2.45) is 0 Å². The van der Waals surface area contributed by atoms with E-state index in [9.17, 15) is 30.3 Å². The van der Waals surface area contributed by atoms with E-state index in [1.807, 2.05) is 0 Å². The van der Waals surface area contributed by atoms with Crippen LogP contribution >= 0.6 is 0 Å². The van der Waals surface area contributed by atoms with E-state index < -0.39 is 49.5 Å². The molecular weight excluding hydrogens is 743 g/mol. The number of hydrogen-bond donors (Lipinski definition) is 6. The summed E-state index contributed by atoms with van der Waals surface area (Å²) >= 11 is 0. The quantitative estimate of drug-likeness (QED) is 0.0332. The van der Waals surface area contributed by atoms with Gasteiger partial charge in [0.25, 0.3) is 0 Å². The number of carbonyl (C=O) groups is 1. The molecule has 0 bridgehead atoms. The first-order valence-electron chi connectivity index (χ1n) is 25.7. The lowest BCUT2D eigenvalue weighted by molar-refractivity contribution is -0.302. The summed E-state index contributed by atoms with van der Waals surface area (Å²) in [7, 11) is 0. The minimum absolute atomic E-state index is 0.132. The van der Waals surface area contributed by atoms with Gasteiger partial charge in [-0.1, -0.05) is 239 Å². The predicted molar refractivity (Wildman–Crippen MR) is 244 cm³/mol. The zero-order valence-corrected chi connectivity index (χ0v) is 38.8. The van der Waals surface area contributed by atoms with E-state index in [0.717, 1.165) is 38.5 Å². The van der Waals surface area contributed by atoms with Gasteiger partial charge in [-0.05, 0) is 12.8 Å². The smallest absolute Gasteiger partial charge is 0.220 e. The van der Waals surface area contributed by atoms with Crippen molar-refractivity contribution in [3.8, 4) is 0 Å². The third-order valence-electron chi connectivity index (χ3n) is 12.7. The third kappa shape index (κ3) is 31.6. The fourth-order valence-corrected chi connectivity index (χ4v) is 8.58. The lowest BCUT2D eigenvalue weighted by Gasteiger charge is -2.40. The predicted octanol–water partition coefficient (Wildman–Crippen LogP) is 11.5. The van der Waals surface area contributed by atoms with Crippen LogP contribution < -0.4 is 5.32 Å². The van der Waals surface area contributed by atoms with Crippen LogP contribution in [-0.2, 0) is 14.3 Å². The Kier molecular flexibility index (Phi) is 39.3. The second kappa shape index (κ2) is 41.2. The first-order valence-corrected chi connectivity index (χ1v) is 25.7. The summed E-state index contributed by atoms with van der Waals surface area (Å²) in [6, 6.07) is -0.711. The molecule has 1 saturated heterocycles. The highest BCUT2D eigenvalue weighted by Gasteiger charge is 2.44. The molecule has 1 fully saturated rings. The molecule has 0 radical (unpaired) electrons. The SMILES string of the molecule is CCCCCCCCCCCCCCCCCCCCCCCCCCCC(=O)NC(COC1OC(CO)C(O)C(O)C1O)C(O)CCCCCCCCCCCCC. The number of aliphatic hydroxyl groups excluding tert-OH is 5. The van der Waals surface area contributed by atoms with E-state index in [4.69, 9.17) is 9.47 Å². The standard InChI is InChI=1S/C50H99NO8/c1-3-5-7-9-11-13-15-16-17-18-19-20-21-22-23-24-25-26-27-28-30-32-34-36-38-40-46(54)51-43(42-58-50-49(57)48(56)47(55)45(41-52)59-50)44(53)39-37-35-33-31-29-14-12-10-8-6-4-2/h43-45,47-50,52-53,55-57H,3-42H2,1-2H3,(H,51,54). The fraction of sp³-hybridized carbons (Fsp3) is 0.980. The highest BCUT2D eigenvalue weighted by atomic mass is 16.7. The van der Waals surface area contributed by atoms with Crippen molar-refractivity contribution in [3.05, 3.63) is 0 Å². The fourth-order valence-electron chi connectivity index (χ4n) is 8.58. The average molecular weight is 842 g/mol. The van der Waals surface area contributed by atoms with Gasteiger partial charge in [-0.25, -0.2) is 0 Å². The van der Waals surface area contributed by atoms with Gasteiger partial charge in [-0.15, -0.1) is 0 Å². The number of unbranched alkanes of at least 4 members (excludes halogenated alkanes) is 34. The van der Waals surface area contributed by atoms with Gasteiger partial charge >= 0.3 is 0 Å². The van der Waals surface area contributed by atoms with E-state index in [0.29, 0.717) is 12.8 Å². The minimum atomic E-state index is -1.55. The monoisotopic (exact) mass is 842 g/mol. The van der Waals surface area contributed by atoms with Crippen LogP contribution in [0.2, 0.25) is 0 Å². The van der Waals surface area contributed by atoms with Crippen molar-refractivity contribution in [2.45, 2.75) is 301 Å². The van der Waals surface area contributed by atoms with Crippen LogP contribution in [-0.4, -0.2) is 87.5 Å². The van der Waals surface area contributed by atoms with E-state index in [1.54, 1.807) is 0 Å². The van der Waals surface area contributed by atoms with E-state index in [1.165, 1.54) is 193 Å². The lowest BCUT2D eigenvalue weighted by Crippen LogP contribution is -2.60. The number of ether oxygens (including phenoxy) is 2. The van der Waals surface area contributed by atoms with Crippen molar-refractivity contribution in [2.75, 3.05) is 13.2 Å². The summed E-state index contributed by atoms with van der Waals surface area (Å²) in [6.07, 6.45) is 39.9. The summed E-state index contributed by atoms with van der Waals surface area (Å²) in [6.45, 7) is 3.85. The highest BCUT2D eigenvalue weighted by Crippen LogP contribution is 2.23. The van der Waals surface area contributed by atoms with Gasteiger partial charge in [-0.3, -0.25) is 4.79 Å². The second-order valence-corrected chi connectivity index (χ2v) is 18.3. The summed E-state index contributed by atoms with van der Waals surface area (Å²) in [5, 5.41) is 54.4. The molecule has 9 nitrogen and oxygen atoms in total. The molecule has 0 aromatic heterocycles. The Morgan fingerprint density at radius 3 is 1.20 bits per heavy atom. The van der Waals surface area contributed by atoms with E-state index in [2.05, 4.69) is 19.2 Å². The zero-order valence-electron chi connectivity index (χ0n) is 38.8. The van der Waals surface area contributed by atoms with Crippen LogP contribution in [0, 0.1) is 0 Å². The molecule has 0 aromatic carbocycles. The molecule has 9 heteroatoms. The van der Waals surface area contributed by atoms with Crippen LogP contribution in [0.25, 0.3) is 0 Å². The normalized spacial score (nSPS) is 20.6. The van der Waals surface area contributed by atoms with E-state index in [-0.39, 0.29) is 12.5 Å². The molecule has 0 aromatic rings. The van der Waals surface area contributed by atoms with Crippen LogP contribution in [0.5, 0.6) is 0 Å². The number of amides is 1. The lowest BCUT2D eigenvalue weighted by atomic mass is 9.99. The third-order valence-corrected chi connectivity index (χ3v) is 12.7. The second-order valence-electron chi connectivity index (χ2n) is 18.3. The number of carbonyl (C=O) groups excluding carboxylic acids is 1. The van der Waals surface area contributed by atoms with Crippen molar-refractivity contribution in [3.63, 3.8) is 0 Å². The summed E-state index contributed by atoms with van der Waals surface area (Å²) in [5.41, 5.74) is 0. The summed E-state index contributed by atoms with van der Waals surface area (Å²) in [5.74, 6) is -0.139. The van der Waals surface area contributed by atoms with Gasteiger partial charge in [0.2, 0.25) is 5.91 Å². The van der Waals surface area contributed by atoms with Gasteiger partial charge in [0.05, 0.1) is 25.4 Å². The summed E-state index contributed by atoms with van der Waals surface area (Å²) in [4.78, 5) is 13.0. The Labute approximate surface area is 364 Å². The number of nitrogens with one attached hydrogen (secondary N) is 1. The molecule has 1 rings (SSSR count). The molecule has 1 aliphatic heterocycles. The van der Waals surface area contributed by atoms with Crippen LogP contribution in [0.3, 0.4) is 0 Å². The van der Waals surface area contributed by atoms with Gasteiger partial charge in [0.1, 0.15) is 24.4 Å². The molecule has 1 aliphatic rings. The Hall–Kier alpha value is -0.810. The first-order chi connectivity index (χ1) is 28.8. The molecule has 1 heterocycles. The summed E-state index contributed by atoms with van der Waals surface area (Å²) < 4.78 is 11.3. The van der Waals surface area contributed by atoms with Crippen molar-refractivity contribution in [1.82, 2.24) is 5.32 Å². The molecule has 6 N–H and O–H groups in total. The van der Waals surface area contributed by atoms with Gasteiger partial charge in [0, 0.05) is 6.42 Å². The maximum atomic E-state index is 13.0. The largest absolute Gasteiger partial charge is 0.394 e. The van der Waals surface area contributed by atoms with Gasteiger partial charge < -0.3 is 40.3 Å². The van der Waals surface area contributed by atoms with Crippen LogP contribution in [0.1, 0.15) is 258 Å². The van der Waals surface area contributed by atoms with Crippen molar-refractivity contribution >= 4 is 5.91 Å². The van der Waals surface area contributed by atoms with Gasteiger partial charge in [0.15, 0.2) is 6.29 Å².